The zero-order valence-corrected chi connectivity index (χ0v) is 9.14. The summed E-state index contributed by atoms with van der Waals surface area (Å²) in [6, 6.07) is 1.14. The minimum Gasteiger partial charge on any atom is -0.477 e. The summed E-state index contributed by atoms with van der Waals surface area (Å²) in [5, 5.41) is 14.6. The molecule has 1 aromatic rings. The first-order valence-corrected chi connectivity index (χ1v) is 4.78. The van der Waals surface area contributed by atoms with E-state index in [0.29, 0.717) is 11.1 Å². The number of hydrogen-bond donors (Lipinski definition) is 2. The number of aromatic nitrogens is 2. The predicted molar refractivity (Wildman–Crippen MR) is 56.4 cm³/mol. The van der Waals surface area contributed by atoms with Gasteiger partial charge in [-0.2, -0.15) is 5.10 Å². The minimum absolute atomic E-state index is 0.00593. The maximum Gasteiger partial charge on any atom is 0.353 e. The number of H-pyrrole nitrogens is 1. The van der Waals surface area contributed by atoms with Gasteiger partial charge in [-0.1, -0.05) is 0 Å². The van der Waals surface area contributed by atoms with E-state index in [1.54, 1.807) is 13.8 Å². The van der Waals surface area contributed by atoms with Gasteiger partial charge in [-0.15, -0.1) is 0 Å². The molecule has 1 aromatic heterocycles. The molecule has 1 aliphatic heterocycles. The van der Waals surface area contributed by atoms with Crippen molar-refractivity contribution in [1.29, 1.82) is 0 Å². The molecular formula is C10H9N3O4. The Morgan fingerprint density at radius 1 is 1.29 bits per heavy atom. The van der Waals surface area contributed by atoms with Crippen LogP contribution in [0.2, 0.25) is 0 Å². The number of imide groups is 1. The molecule has 0 atom stereocenters. The highest BCUT2D eigenvalue weighted by Crippen LogP contribution is 2.25. The number of hydrogen-bond acceptors (Lipinski definition) is 4. The average Bonchev–Trinajstić information content (AvgIpc) is 2.81. The molecule has 2 N–H and O–H groups in total. The van der Waals surface area contributed by atoms with E-state index in [1.807, 2.05) is 0 Å². The largest absolute Gasteiger partial charge is 0.477 e. The lowest BCUT2D eigenvalue weighted by Gasteiger charge is -2.09. The lowest BCUT2D eigenvalue weighted by atomic mass is 10.2. The van der Waals surface area contributed by atoms with E-state index < -0.39 is 17.8 Å². The van der Waals surface area contributed by atoms with E-state index in [2.05, 4.69) is 10.2 Å². The van der Waals surface area contributed by atoms with Crippen molar-refractivity contribution in [2.24, 2.45) is 0 Å². The van der Waals surface area contributed by atoms with Crippen LogP contribution >= 0.6 is 0 Å². The molecule has 0 aromatic carbocycles. The Balaban J connectivity index is 2.40. The molecule has 0 bridgehead atoms. The third-order valence-corrected chi connectivity index (χ3v) is 2.63. The summed E-state index contributed by atoms with van der Waals surface area (Å²) in [7, 11) is 0. The first-order valence-electron chi connectivity index (χ1n) is 4.78. The van der Waals surface area contributed by atoms with Crippen molar-refractivity contribution < 1.29 is 19.5 Å². The van der Waals surface area contributed by atoms with Crippen LogP contribution in [0.4, 0.5) is 5.82 Å². The molecule has 0 fully saturated rings. The Bertz CT molecular complexity index is 546. The van der Waals surface area contributed by atoms with Gasteiger partial charge in [-0.3, -0.25) is 14.7 Å². The summed E-state index contributed by atoms with van der Waals surface area (Å²) in [5.41, 5.74) is 0.507. The van der Waals surface area contributed by atoms with E-state index in [1.165, 1.54) is 0 Å². The standard InChI is InChI=1S/C10H9N3O4/c1-4-5(2)9(15)13(8(4)14)7-3-6(10(16)17)11-12-7/h3H,1-2H3,(H,11,12)(H,16,17). The molecule has 0 unspecified atom stereocenters. The van der Waals surface area contributed by atoms with Crippen molar-refractivity contribution in [2.45, 2.75) is 13.8 Å². The lowest BCUT2D eigenvalue weighted by molar-refractivity contribution is -0.120. The lowest BCUT2D eigenvalue weighted by Crippen LogP contribution is -2.31. The van der Waals surface area contributed by atoms with Crippen LogP contribution in [-0.4, -0.2) is 33.1 Å². The molecule has 88 valence electrons. The van der Waals surface area contributed by atoms with Crippen molar-refractivity contribution in [1.82, 2.24) is 10.2 Å². The van der Waals surface area contributed by atoms with E-state index in [-0.39, 0.29) is 11.5 Å². The van der Waals surface area contributed by atoms with Gasteiger partial charge in [-0.05, 0) is 13.8 Å². The third kappa shape index (κ3) is 1.52. The van der Waals surface area contributed by atoms with E-state index in [9.17, 15) is 14.4 Å². The first kappa shape index (κ1) is 11.1. The SMILES string of the molecule is CC1=C(C)C(=O)N(c2cc(C(=O)O)[nH]n2)C1=O. The van der Waals surface area contributed by atoms with E-state index >= 15 is 0 Å². The number of anilines is 1. The summed E-state index contributed by atoms with van der Waals surface area (Å²) in [6.45, 7) is 3.08. The highest BCUT2D eigenvalue weighted by molar-refractivity contribution is 6.32. The monoisotopic (exact) mass is 235 g/mol. The first-order chi connectivity index (χ1) is 7.93. The molecule has 7 heteroatoms. The molecular weight excluding hydrogens is 226 g/mol. The fraction of sp³-hybridized carbons (Fsp3) is 0.200. The fourth-order valence-corrected chi connectivity index (χ4v) is 1.49. The fourth-order valence-electron chi connectivity index (χ4n) is 1.49. The molecule has 0 aliphatic carbocycles. The maximum atomic E-state index is 11.8. The Morgan fingerprint density at radius 3 is 2.24 bits per heavy atom. The molecule has 1 aliphatic rings. The van der Waals surface area contributed by atoms with Gasteiger partial charge >= 0.3 is 5.97 Å². The Hall–Kier alpha value is -2.44. The predicted octanol–water partition coefficient (Wildman–Crippen LogP) is 0.317. The van der Waals surface area contributed by atoms with Crippen molar-refractivity contribution in [3.05, 3.63) is 22.9 Å². The molecule has 2 heterocycles. The average molecular weight is 235 g/mol. The van der Waals surface area contributed by atoms with Crippen LogP contribution in [0.1, 0.15) is 24.3 Å². The number of nitrogens with one attached hydrogen (secondary N) is 1. The normalized spacial score (nSPS) is 16.0. The summed E-state index contributed by atoms with van der Waals surface area (Å²) in [6.07, 6.45) is 0. The highest BCUT2D eigenvalue weighted by atomic mass is 16.4. The van der Waals surface area contributed by atoms with Crippen LogP contribution in [0.15, 0.2) is 17.2 Å². The number of carboxylic acid groups (broad SMARTS) is 1. The van der Waals surface area contributed by atoms with Gasteiger partial charge in [0, 0.05) is 17.2 Å². The number of carbonyl (C=O) groups is 3. The van der Waals surface area contributed by atoms with Crippen LogP contribution in [0.3, 0.4) is 0 Å². The molecule has 0 radical (unpaired) electrons. The molecule has 2 amide bonds. The van der Waals surface area contributed by atoms with Crippen molar-refractivity contribution in [3.8, 4) is 0 Å². The van der Waals surface area contributed by atoms with Gasteiger partial charge in [0.1, 0.15) is 5.69 Å². The summed E-state index contributed by atoms with van der Waals surface area (Å²) < 4.78 is 0. The Kier molecular flexibility index (Phi) is 2.31. The number of carboxylic acids is 1. The van der Waals surface area contributed by atoms with Gasteiger partial charge in [0.25, 0.3) is 11.8 Å². The molecule has 17 heavy (non-hydrogen) atoms. The zero-order chi connectivity index (χ0) is 12.7. The number of rotatable bonds is 2. The topological polar surface area (TPSA) is 103 Å². The number of amides is 2. The van der Waals surface area contributed by atoms with Gasteiger partial charge in [0.05, 0.1) is 0 Å². The maximum absolute atomic E-state index is 11.8. The Labute approximate surface area is 95.7 Å². The summed E-state index contributed by atoms with van der Waals surface area (Å²) >= 11 is 0. The van der Waals surface area contributed by atoms with Gasteiger partial charge in [0.15, 0.2) is 5.82 Å². The van der Waals surface area contributed by atoms with Gasteiger partial charge < -0.3 is 5.11 Å². The summed E-state index contributed by atoms with van der Waals surface area (Å²) in [5.74, 6) is -2.16. The number of nitrogens with zero attached hydrogens (tertiary/aromatic N) is 2. The zero-order valence-electron chi connectivity index (χ0n) is 9.14. The van der Waals surface area contributed by atoms with E-state index in [0.717, 1.165) is 11.0 Å². The van der Waals surface area contributed by atoms with Crippen LogP contribution < -0.4 is 4.90 Å². The van der Waals surface area contributed by atoms with Crippen LogP contribution in [0.25, 0.3) is 0 Å². The second-order valence-corrected chi connectivity index (χ2v) is 3.64. The Morgan fingerprint density at radius 2 is 1.82 bits per heavy atom. The molecule has 0 spiro atoms. The molecule has 2 rings (SSSR count). The quantitative estimate of drug-likeness (QED) is 0.718. The van der Waals surface area contributed by atoms with Crippen molar-refractivity contribution >= 4 is 23.6 Å². The van der Waals surface area contributed by atoms with Crippen LogP contribution in [0.5, 0.6) is 0 Å². The van der Waals surface area contributed by atoms with Crippen molar-refractivity contribution in [2.75, 3.05) is 4.90 Å². The van der Waals surface area contributed by atoms with Crippen molar-refractivity contribution in [3.63, 3.8) is 0 Å². The second-order valence-electron chi connectivity index (χ2n) is 3.64. The second kappa shape index (κ2) is 3.55. The number of carbonyl (C=O) groups excluding carboxylic acids is 2. The number of aromatic amines is 1. The molecule has 0 saturated carbocycles. The van der Waals surface area contributed by atoms with Crippen LogP contribution in [-0.2, 0) is 9.59 Å². The van der Waals surface area contributed by atoms with Gasteiger partial charge in [-0.25, -0.2) is 9.69 Å². The molecule has 0 saturated heterocycles. The van der Waals surface area contributed by atoms with Crippen LogP contribution in [0, 0.1) is 0 Å². The third-order valence-electron chi connectivity index (χ3n) is 2.63. The van der Waals surface area contributed by atoms with E-state index in [4.69, 9.17) is 5.11 Å². The molecule has 7 nitrogen and oxygen atoms in total. The number of aromatic carboxylic acids is 1. The summed E-state index contributed by atoms with van der Waals surface area (Å²) in [4.78, 5) is 35.0. The minimum atomic E-state index is -1.20. The smallest absolute Gasteiger partial charge is 0.353 e. The van der Waals surface area contributed by atoms with Gasteiger partial charge in [0.2, 0.25) is 0 Å². The highest BCUT2D eigenvalue weighted by Gasteiger charge is 2.36.